The maximum Gasteiger partial charge on any atom is -0.00461 e. The van der Waals surface area contributed by atoms with Crippen molar-refractivity contribution in [1.29, 1.82) is 0 Å². The van der Waals surface area contributed by atoms with Crippen LogP contribution in [0.1, 0.15) is 39.0 Å². The van der Waals surface area contributed by atoms with Crippen LogP contribution < -0.4 is 5.32 Å². The Hall–Kier alpha value is -0.0400. The van der Waals surface area contributed by atoms with Gasteiger partial charge in [0, 0.05) is 0 Å². The predicted octanol–water partition coefficient (Wildman–Crippen LogP) is 2.18. The van der Waals surface area contributed by atoms with Crippen LogP contribution in [0.4, 0.5) is 0 Å². The molecule has 1 heterocycles. The second-order valence-corrected chi connectivity index (χ2v) is 4.24. The Morgan fingerprint density at radius 2 is 1.91 bits per heavy atom. The molecule has 1 aliphatic carbocycles. The van der Waals surface area contributed by atoms with Crippen molar-refractivity contribution in [2.24, 2.45) is 11.3 Å². The zero-order valence-corrected chi connectivity index (χ0v) is 7.53. The third-order valence-electron chi connectivity index (χ3n) is 3.80. The molecule has 1 saturated heterocycles. The molecule has 2 aliphatic rings. The van der Waals surface area contributed by atoms with Crippen molar-refractivity contribution >= 4 is 0 Å². The van der Waals surface area contributed by atoms with E-state index in [1.54, 1.807) is 0 Å². The molecule has 0 spiro atoms. The van der Waals surface area contributed by atoms with Crippen LogP contribution in [0.2, 0.25) is 0 Å². The van der Waals surface area contributed by atoms with Gasteiger partial charge >= 0.3 is 0 Å². The summed E-state index contributed by atoms with van der Waals surface area (Å²) >= 11 is 0. The molecule has 0 unspecified atom stereocenters. The Labute approximate surface area is 69.6 Å². The number of piperidine rings is 1. The van der Waals surface area contributed by atoms with Gasteiger partial charge in [-0.15, -0.1) is 0 Å². The minimum atomic E-state index is 0.822. The average Bonchev–Trinajstić information content (AvgIpc) is 2.86. The zero-order chi connectivity index (χ0) is 7.73. The molecule has 1 N–H and O–H groups in total. The van der Waals surface area contributed by atoms with Gasteiger partial charge in [-0.1, -0.05) is 13.3 Å². The molecule has 0 bridgehead atoms. The van der Waals surface area contributed by atoms with Crippen molar-refractivity contribution in [3.05, 3.63) is 0 Å². The van der Waals surface area contributed by atoms with Crippen LogP contribution in [0.3, 0.4) is 0 Å². The molecule has 0 atom stereocenters. The van der Waals surface area contributed by atoms with Gasteiger partial charge < -0.3 is 5.32 Å². The summed E-state index contributed by atoms with van der Waals surface area (Å²) in [7, 11) is 0. The summed E-state index contributed by atoms with van der Waals surface area (Å²) in [6.45, 7) is 4.91. The summed E-state index contributed by atoms with van der Waals surface area (Å²) in [5, 5.41) is 3.44. The van der Waals surface area contributed by atoms with E-state index in [9.17, 15) is 0 Å². The van der Waals surface area contributed by atoms with Gasteiger partial charge in [-0.25, -0.2) is 0 Å². The highest BCUT2D eigenvalue weighted by Gasteiger charge is 2.47. The molecule has 11 heavy (non-hydrogen) atoms. The molecule has 2 fully saturated rings. The van der Waals surface area contributed by atoms with Crippen molar-refractivity contribution in [2.45, 2.75) is 39.0 Å². The highest BCUT2D eigenvalue weighted by molar-refractivity contribution is 4.98. The van der Waals surface area contributed by atoms with Gasteiger partial charge in [-0.05, 0) is 50.1 Å². The molecular weight excluding hydrogens is 134 g/mol. The first-order chi connectivity index (χ1) is 5.37. The second-order valence-electron chi connectivity index (χ2n) is 4.24. The van der Waals surface area contributed by atoms with Crippen molar-refractivity contribution in [3.63, 3.8) is 0 Å². The smallest absolute Gasteiger partial charge is 0.00461 e. The Bertz CT molecular complexity index is 132. The third kappa shape index (κ3) is 1.31. The first kappa shape index (κ1) is 7.60. The van der Waals surface area contributed by atoms with E-state index in [4.69, 9.17) is 0 Å². The van der Waals surface area contributed by atoms with Crippen LogP contribution in [0.25, 0.3) is 0 Å². The molecule has 0 aromatic rings. The molecule has 2 rings (SSSR count). The fourth-order valence-electron chi connectivity index (χ4n) is 2.65. The van der Waals surface area contributed by atoms with E-state index < -0.39 is 0 Å². The topological polar surface area (TPSA) is 12.0 Å². The van der Waals surface area contributed by atoms with Gasteiger partial charge in [0.25, 0.3) is 0 Å². The van der Waals surface area contributed by atoms with E-state index in [1.165, 1.54) is 45.2 Å². The standard InChI is InChI=1S/C10H19N/c1-2-10(5-6-10)9-3-7-11-8-4-9/h9,11H,2-8H2,1H3. The minimum Gasteiger partial charge on any atom is -0.317 e. The zero-order valence-electron chi connectivity index (χ0n) is 7.53. The summed E-state index contributed by atoms with van der Waals surface area (Å²) < 4.78 is 0. The summed E-state index contributed by atoms with van der Waals surface area (Å²) in [4.78, 5) is 0. The van der Waals surface area contributed by atoms with E-state index >= 15 is 0 Å². The first-order valence-electron chi connectivity index (χ1n) is 5.08. The summed E-state index contributed by atoms with van der Waals surface area (Å²) in [5.41, 5.74) is 0.822. The quantitative estimate of drug-likeness (QED) is 0.641. The molecule has 1 nitrogen and oxygen atoms in total. The Morgan fingerprint density at radius 3 is 2.36 bits per heavy atom. The largest absolute Gasteiger partial charge is 0.317 e. The highest BCUT2D eigenvalue weighted by Crippen LogP contribution is 2.57. The summed E-state index contributed by atoms with van der Waals surface area (Å²) in [6.07, 6.45) is 7.35. The van der Waals surface area contributed by atoms with Crippen LogP contribution >= 0.6 is 0 Å². The van der Waals surface area contributed by atoms with Gasteiger partial charge in [0.15, 0.2) is 0 Å². The van der Waals surface area contributed by atoms with Crippen LogP contribution in [0, 0.1) is 11.3 Å². The molecule has 1 saturated carbocycles. The fraction of sp³-hybridized carbons (Fsp3) is 1.00. The Balaban J connectivity index is 1.92. The van der Waals surface area contributed by atoms with Crippen LogP contribution in [0.5, 0.6) is 0 Å². The van der Waals surface area contributed by atoms with E-state index in [0.29, 0.717) is 0 Å². The normalized spacial score (nSPS) is 30.3. The lowest BCUT2D eigenvalue weighted by Crippen LogP contribution is -2.32. The number of rotatable bonds is 2. The maximum absolute atomic E-state index is 3.44. The SMILES string of the molecule is CCC1(C2CCNCC2)CC1. The third-order valence-corrected chi connectivity index (χ3v) is 3.80. The van der Waals surface area contributed by atoms with Crippen LogP contribution in [-0.4, -0.2) is 13.1 Å². The molecule has 0 radical (unpaired) electrons. The molecule has 0 aromatic heterocycles. The minimum absolute atomic E-state index is 0.822. The Morgan fingerprint density at radius 1 is 1.27 bits per heavy atom. The number of nitrogens with one attached hydrogen (secondary N) is 1. The van der Waals surface area contributed by atoms with E-state index in [0.717, 1.165) is 11.3 Å². The molecule has 0 amide bonds. The lowest BCUT2D eigenvalue weighted by Gasteiger charge is -2.30. The van der Waals surface area contributed by atoms with Crippen molar-refractivity contribution in [3.8, 4) is 0 Å². The average molecular weight is 153 g/mol. The lowest BCUT2D eigenvalue weighted by molar-refractivity contribution is 0.231. The number of hydrogen-bond donors (Lipinski definition) is 1. The van der Waals surface area contributed by atoms with E-state index in [2.05, 4.69) is 12.2 Å². The van der Waals surface area contributed by atoms with Crippen molar-refractivity contribution < 1.29 is 0 Å². The molecule has 1 heteroatoms. The fourth-order valence-corrected chi connectivity index (χ4v) is 2.65. The molecule has 1 aliphatic heterocycles. The van der Waals surface area contributed by atoms with Gasteiger partial charge in [-0.3, -0.25) is 0 Å². The second kappa shape index (κ2) is 2.78. The van der Waals surface area contributed by atoms with E-state index in [1.807, 2.05) is 0 Å². The first-order valence-corrected chi connectivity index (χ1v) is 5.08. The van der Waals surface area contributed by atoms with Gasteiger partial charge in [-0.2, -0.15) is 0 Å². The van der Waals surface area contributed by atoms with Gasteiger partial charge in [0.1, 0.15) is 0 Å². The summed E-state index contributed by atoms with van der Waals surface area (Å²) in [6, 6.07) is 0. The highest BCUT2D eigenvalue weighted by atomic mass is 14.9. The van der Waals surface area contributed by atoms with Crippen molar-refractivity contribution in [1.82, 2.24) is 5.32 Å². The molecular formula is C10H19N. The maximum atomic E-state index is 3.44. The summed E-state index contributed by atoms with van der Waals surface area (Å²) in [5.74, 6) is 1.06. The predicted molar refractivity (Wildman–Crippen MR) is 47.6 cm³/mol. The van der Waals surface area contributed by atoms with Crippen LogP contribution in [0.15, 0.2) is 0 Å². The van der Waals surface area contributed by atoms with Crippen LogP contribution in [-0.2, 0) is 0 Å². The molecule has 64 valence electrons. The van der Waals surface area contributed by atoms with Gasteiger partial charge in [0.05, 0.1) is 0 Å². The van der Waals surface area contributed by atoms with Crippen molar-refractivity contribution in [2.75, 3.05) is 13.1 Å². The monoisotopic (exact) mass is 153 g/mol. The van der Waals surface area contributed by atoms with E-state index in [-0.39, 0.29) is 0 Å². The lowest BCUT2D eigenvalue weighted by atomic mass is 9.80. The molecule has 0 aromatic carbocycles. The Kier molecular flexibility index (Phi) is 1.92. The van der Waals surface area contributed by atoms with Gasteiger partial charge in [0.2, 0.25) is 0 Å². The number of hydrogen-bond acceptors (Lipinski definition) is 1.